The molecular formula is C15H12N2O2S. The molecule has 0 N–H and O–H groups in total. The van der Waals surface area contributed by atoms with Gasteiger partial charge in [0.1, 0.15) is 6.33 Å². The summed E-state index contributed by atoms with van der Waals surface area (Å²) in [5.74, 6) is 0. The third kappa shape index (κ3) is 2.23. The molecule has 2 aromatic carbocycles. The van der Waals surface area contributed by atoms with Crippen LogP contribution in [-0.4, -0.2) is 17.4 Å². The predicted molar refractivity (Wildman–Crippen MR) is 76.7 cm³/mol. The van der Waals surface area contributed by atoms with E-state index in [2.05, 4.69) is 4.98 Å². The maximum atomic E-state index is 12.4. The molecular weight excluding hydrogens is 272 g/mol. The number of rotatable bonds is 3. The summed E-state index contributed by atoms with van der Waals surface area (Å²) in [6.07, 6.45) is 2.85. The van der Waals surface area contributed by atoms with Gasteiger partial charge in [-0.3, -0.25) is 0 Å². The molecule has 0 saturated heterocycles. The fourth-order valence-corrected chi connectivity index (χ4v) is 3.06. The van der Waals surface area contributed by atoms with Crippen molar-refractivity contribution in [1.82, 2.24) is 8.96 Å². The van der Waals surface area contributed by atoms with Crippen molar-refractivity contribution in [2.45, 2.75) is 4.90 Å². The summed E-state index contributed by atoms with van der Waals surface area (Å²) in [5.41, 5.74) is 1.51. The first-order chi connectivity index (χ1) is 9.68. The molecule has 0 amide bonds. The highest BCUT2D eigenvalue weighted by Gasteiger charge is 2.17. The summed E-state index contributed by atoms with van der Waals surface area (Å²) >= 11 is 0. The molecule has 0 aliphatic rings. The lowest BCUT2D eigenvalue weighted by molar-refractivity contribution is 0.587. The van der Waals surface area contributed by atoms with Gasteiger partial charge in [-0.1, -0.05) is 48.5 Å². The first-order valence-electron chi connectivity index (χ1n) is 6.08. The molecule has 3 rings (SSSR count). The van der Waals surface area contributed by atoms with E-state index in [4.69, 9.17) is 0 Å². The topological polar surface area (TPSA) is 52.0 Å². The number of aromatic nitrogens is 2. The van der Waals surface area contributed by atoms with Gasteiger partial charge < -0.3 is 0 Å². The largest absolute Gasteiger partial charge is 0.268 e. The van der Waals surface area contributed by atoms with Gasteiger partial charge >= 0.3 is 0 Å². The van der Waals surface area contributed by atoms with Crippen LogP contribution < -0.4 is 0 Å². The van der Waals surface area contributed by atoms with Crippen LogP contribution >= 0.6 is 0 Å². The van der Waals surface area contributed by atoms with Gasteiger partial charge in [-0.15, -0.1) is 0 Å². The second-order valence-electron chi connectivity index (χ2n) is 4.27. The Bertz CT molecular complexity index is 809. The number of nitrogens with zero attached hydrogens (tertiary/aromatic N) is 2. The Hall–Kier alpha value is -2.40. The molecule has 0 bridgehead atoms. The van der Waals surface area contributed by atoms with Crippen molar-refractivity contribution in [1.29, 1.82) is 0 Å². The second-order valence-corrected chi connectivity index (χ2v) is 6.12. The normalized spacial score (nSPS) is 11.4. The van der Waals surface area contributed by atoms with Gasteiger partial charge in [-0.05, 0) is 12.1 Å². The SMILES string of the molecule is O=S(=O)(c1ccccc1)n1cnc(-c2ccccc2)c1. The van der Waals surface area contributed by atoms with Gasteiger partial charge in [-0.25, -0.2) is 17.4 Å². The molecule has 0 unspecified atom stereocenters. The Kier molecular flexibility index (Phi) is 3.12. The van der Waals surface area contributed by atoms with Crippen LogP contribution in [0.1, 0.15) is 0 Å². The summed E-state index contributed by atoms with van der Waals surface area (Å²) in [6.45, 7) is 0. The molecule has 100 valence electrons. The van der Waals surface area contributed by atoms with Crippen LogP contribution in [0.2, 0.25) is 0 Å². The molecule has 0 radical (unpaired) electrons. The average molecular weight is 284 g/mol. The van der Waals surface area contributed by atoms with E-state index in [9.17, 15) is 8.42 Å². The van der Waals surface area contributed by atoms with Crippen molar-refractivity contribution in [3.8, 4) is 11.3 Å². The average Bonchev–Trinajstić information content (AvgIpc) is 3.00. The van der Waals surface area contributed by atoms with Crippen molar-refractivity contribution in [3.05, 3.63) is 73.2 Å². The lowest BCUT2D eigenvalue weighted by Gasteiger charge is -2.03. The summed E-state index contributed by atoms with van der Waals surface area (Å²) in [5, 5.41) is 0. The van der Waals surface area contributed by atoms with Crippen LogP contribution in [-0.2, 0) is 10.0 Å². The first-order valence-corrected chi connectivity index (χ1v) is 7.52. The summed E-state index contributed by atoms with van der Waals surface area (Å²) in [7, 11) is -3.57. The molecule has 0 fully saturated rings. The highest BCUT2D eigenvalue weighted by molar-refractivity contribution is 7.90. The predicted octanol–water partition coefficient (Wildman–Crippen LogP) is 2.79. The summed E-state index contributed by atoms with van der Waals surface area (Å²) in [4.78, 5) is 4.41. The Labute approximate surface area is 117 Å². The lowest BCUT2D eigenvalue weighted by atomic mass is 10.2. The molecule has 0 saturated carbocycles. The van der Waals surface area contributed by atoms with Crippen molar-refractivity contribution in [3.63, 3.8) is 0 Å². The van der Waals surface area contributed by atoms with E-state index in [-0.39, 0.29) is 4.90 Å². The van der Waals surface area contributed by atoms with Crippen LogP contribution in [0.4, 0.5) is 0 Å². The number of hydrogen-bond donors (Lipinski definition) is 0. The minimum atomic E-state index is -3.57. The maximum Gasteiger partial charge on any atom is 0.268 e. The van der Waals surface area contributed by atoms with Crippen molar-refractivity contribution < 1.29 is 8.42 Å². The zero-order valence-corrected chi connectivity index (χ0v) is 11.4. The fraction of sp³-hybridized carbons (Fsp3) is 0. The second kappa shape index (κ2) is 4.94. The highest BCUT2D eigenvalue weighted by Crippen LogP contribution is 2.19. The Balaban J connectivity index is 2.03. The van der Waals surface area contributed by atoms with Crippen LogP contribution in [0.15, 0.2) is 78.1 Å². The Morgan fingerprint density at radius 2 is 1.45 bits per heavy atom. The molecule has 0 aliphatic heterocycles. The quantitative estimate of drug-likeness (QED) is 0.743. The van der Waals surface area contributed by atoms with Gasteiger partial charge in [0.05, 0.1) is 10.6 Å². The Morgan fingerprint density at radius 1 is 0.850 bits per heavy atom. The molecule has 4 nitrogen and oxygen atoms in total. The van der Waals surface area contributed by atoms with E-state index in [1.807, 2.05) is 30.3 Å². The number of imidazole rings is 1. The molecule has 0 atom stereocenters. The van der Waals surface area contributed by atoms with Crippen LogP contribution in [0, 0.1) is 0 Å². The van der Waals surface area contributed by atoms with Crippen LogP contribution in [0.5, 0.6) is 0 Å². The van der Waals surface area contributed by atoms with E-state index in [0.29, 0.717) is 5.69 Å². The molecule has 0 spiro atoms. The molecule has 0 aliphatic carbocycles. The third-order valence-electron chi connectivity index (χ3n) is 2.95. The van der Waals surface area contributed by atoms with Gasteiger partial charge in [0, 0.05) is 11.8 Å². The molecule has 20 heavy (non-hydrogen) atoms. The van der Waals surface area contributed by atoms with E-state index in [1.54, 1.807) is 30.3 Å². The van der Waals surface area contributed by atoms with Gasteiger partial charge in [0.25, 0.3) is 10.0 Å². The van der Waals surface area contributed by atoms with E-state index in [1.165, 1.54) is 12.5 Å². The number of benzene rings is 2. The van der Waals surface area contributed by atoms with Crippen molar-refractivity contribution in [2.75, 3.05) is 0 Å². The standard InChI is InChI=1S/C15H12N2O2S/c18-20(19,14-9-5-2-6-10-14)17-11-15(16-12-17)13-7-3-1-4-8-13/h1-12H. The minimum Gasteiger partial charge on any atom is -0.236 e. The lowest BCUT2D eigenvalue weighted by Crippen LogP contribution is -2.10. The number of hydrogen-bond acceptors (Lipinski definition) is 3. The zero-order chi connectivity index (χ0) is 14.0. The monoisotopic (exact) mass is 284 g/mol. The first kappa shape index (κ1) is 12.6. The summed E-state index contributed by atoms with van der Waals surface area (Å²) < 4.78 is 25.9. The van der Waals surface area contributed by atoms with E-state index < -0.39 is 10.0 Å². The fourth-order valence-electron chi connectivity index (χ4n) is 1.91. The van der Waals surface area contributed by atoms with Gasteiger partial charge in [0.15, 0.2) is 0 Å². The van der Waals surface area contributed by atoms with Crippen molar-refractivity contribution >= 4 is 10.0 Å². The molecule has 5 heteroatoms. The van der Waals surface area contributed by atoms with Gasteiger partial charge in [0.2, 0.25) is 0 Å². The van der Waals surface area contributed by atoms with Crippen LogP contribution in [0.25, 0.3) is 11.3 Å². The van der Waals surface area contributed by atoms with Crippen LogP contribution in [0.3, 0.4) is 0 Å². The van der Waals surface area contributed by atoms with E-state index in [0.717, 1.165) is 9.54 Å². The van der Waals surface area contributed by atoms with E-state index >= 15 is 0 Å². The third-order valence-corrected chi connectivity index (χ3v) is 4.57. The van der Waals surface area contributed by atoms with Crippen molar-refractivity contribution in [2.24, 2.45) is 0 Å². The Morgan fingerprint density at radius 3 is 2.10 bits per heavy atom. The van der Waals surface area contributed by atoms with Gasteiger partial charge in [-0.2, -0.15) is 0 Å². The zero-order valence-electron chi connectivity index (χ0n) is 10.5. The highest BCUT2D eigenvalue weighted by atomic mass is 32.2. The minimum absolute atomic E-state index is 0.247. The molecule has 1 aromatic heterocycles. The maximum absolute atomic E-state index is 12.4. The smallest absolute Gasteiger partial charge is 0.236 e. The molecule has 3 aromatic rings. The summed E-state index contributed by atoms with van der Waals surface area (Å²) in [6, 6.07) is 17.8. The molecule has 1 heterocycles.